The van der Waals surface area contributed by atoms with Gasteiger partial charge in [0, 0.05) is 15.6 Å². The number of carbonyl (C=O) groups excluding carboxylic acids is 1. The molecule has 2 heterocycles. The van der Waals surface area contributed by atoms with Gasteiger partial charge in [-0.3, -0.25) is 9.36 Å². The minimum Gasteiger partial charge on any atom is -0.504 e. The van der Waals surface area contributed by atoms with Gasteiger partial charge in [0.15, 0.2) is 16.3 Å². The number of allylic oxidation sites excluding steroid dienone is 1. The molecular formula is C30H27BrN2O7S. The number of halogens is 1. The molecule has 3 aromatic carbocycles. The molecule has 0 spiro atoms. The maximum atomic E-state index is 14.2. The number of phenols is 1. The average Bonchev–Trinajstić information content (AvgIpc) is 3.26. The Kier molecular flexibility index (Phi) is 7.92. The fourth-order valence-electron chi connectivity index (χ4n) is 4.95. The van der Waals surface area contributed by atoms with Gasteiger partial charge in [0.1, 0.15) is 17.5 Å². The van der Waals surface area contributed by atoms with Crippen LogP contribution in [0.1, 0.15) is 31.0 Å². The number of fused-ring (bicyclic) bond motifs is 2. The van der Waals surface area contributed by atoms with Crippen molar-refractivity contribution in [3.63, 3.8) is 0 Å². The third kappa shape index (κ3) is 5.00. The number of ether oxygens (including phenoxy) is 4. The molecule has 1 aliphatic heterocycles. The number of rotatable bonds is 7. The lowest BCUT2D eigenvalue weighted by molar-refractivity contribution is -0.139. The maximum absolute atomic E-state index is 14.2. The summed E-state index contributed by atoms with van der Waals surface area (Å²) in [6, 6.07) is 11.7. The fourth-order valence-corrected chi connectivity index (χ4v) is 6.45. The third-order valence-electron chi connectivity index (χ3n) is 6.82. The highest BCUT2D eigenvalue weighted by atomic mass is 79.9. The van der Waals surface area contributed by atoms with Gasteiger partial charge in [0.2, 0.25) is 0 Å². The summed E-state index contributed by atoms with van der Waals surface area (Å²) in [6.07, 6.45) is 1.58. The molecule has 0 amide bonds. The van der Waals surface area contributed by atoms with E-state index >= 15 is 0 Å². The predicted octanol–water partition coefficient (Wildman–Crippen LogP) is 4.45. The minimum atomic E-state index is -0.913. The second-order valence-electron chi connectivity index (χ2n) is 9.12. The SMILES string of the molecule is CCOC(=O)C1=C(C)N=c2sc(=Cc3cc(Br)cc(OC)c3O)c(=O)n2C1c1c(OC)ccc2ccc(OC)cc12. The molecule has 1 unspecified atom stereocenters. The van der Waals surface area contributed by atoms with E-state index < -0.39 is 17.6 Å². The molecular weight excluding hydrogens is 612 g/mol. The van der Waals surface area contributed by atoms with Gasteiger partial charge in [-0.1, -0.05) is 39.4 Å². The maximum Gasteiger partial charge on any atom is 0.338 e. The van der Waals surface area contributed by atoms with Gasteiger partial charge in [-0.05, 0) is 61.0 Å². The lowest BCUT2D eigenvalue weighted by Crippen LogP contribution is -2.40. The summed E-state index contributed by atoms with van der Waals surface area (Å²) in [5.74, 6) is 0.660. The molecule has 4 aromatic rings. The molecule has 0 saturated carbocycles. The lowest BCUT2D eigenvalue weighted by Gasteiger charge is -2.27. The standard InChI is InChI=1S/C30H27BrN2O7S/c1-6-40-29(36)24-15(2)32-30-33(28(35)23(41-30)12-17-11-18(31)13-22(39-5)27(17)34)26(24)25-20-14-19(37-3)9-7-16(20)8-10-21(25)38-4/h7-14,26,34H,6H2,1-5H3. The molecule has 1 atom stereocenters. The van der Waals surface area contributed by atoms with Gasteiger partial charge in [-0.2, -0.15) is 0 Å². The van der Waals surface area contributed by atoms with Crippen LogP contribution in [0.15, 0.2) is 68.0 Å². The van der Waals surface area contributed by atoms with E-state index in [-0.39, 0.29) is 23.7 Å². The predicted molar refractivity (Wildman–Crippen MR) is 160 cm³/mol. The molecule has 1 aromatic heterocycles. The first-order chi connectivity index (χ1) is 19.7. The van der Waals surface area contributed by atoms with E-state index in [0.717, 1.165) is 22.1 Å². The van der Waals surface area contributed by atoms with Crippen molar-refractivity contribution < 1.29 is 28.8 Å². The number of phenolic OH excluding ortho intramolecular Hbond substituents is 1. The van der Waals surface area contributed by atoms with Crippen LogP contribution in [-0.2, 0) is 9.53 Å². The van der Waals surface area contributed by atoms with Crippen LogP contribution in [-0.4, -0.2) is 43.6 Å². The van der Waals surface area contributed by atoms with E-state index in [4.69, 9.17) is 18.9 Å². The molecule has 1 aliphatic rings. The lowest BCUT2D eigenvalue weighted by atomic mass is 9.90. The highest BCUT2D eigenvalue weighted by Gasteiger charge is 2.36. The zero-order valence-corrected chi connectivity index (χ0v) is 25.4. The summed E-state index contributed by atoms with van der Waals surface area (Å²) >= 11 is 4.57. The number of thiazole rings is 1. The zero-order valence-electron chi connectivity index (χ0n) is 23.0. The van der Waals surface area contributed by atoms with Crippen LogP contribution >= 0.6 is 27.3 Å². The largest absolute Gasteiger partial charge is 0.504 e. The second-order valence-corrected chi connectivity index (χ2v) is 11.0. The van der Waals surface area contributed by atoms with E-state index in [2.05, 4.69) is 20.9 Å². The Morgan fingerprint density at radius 2 is 1.83 bits per heavy atom. The second kappa shape index (κ2) is 11.4. The van der Waals surface area contributed by atoms with Gasteiger partial charge in [0.05, 0.1) is 43.7 Å². The zero-order chi connectivity index (χ0) is 29.4. The van der Waals surface area contributed by atoms with Crippen LogP contribution in [0.25, 0.3) is 16.8 Å². The highest BCUT2D eigenvalue weighted by Crippen LogP contribution is 2.41. The van der Waals surface area contributed by atoms with Crippen LogP contribution in [0.4, 0.5) is 0 Å². The van der Waals surface area contributed by atoms with E-state index in [1.807, 2.05) is 30.3 Å². The number of esters is 1. The minimum absolute atomic E-state index is 0.107. The first-order valence-electron chi connectivity index (χ1n) is 12.6. The Bertz CT molecular complexity index is 1900. The Hall–Kier alpha value is -4.09. The number of aromatic nitrogens is 1. The van der Waals surface area contributed by atoms with E-state index in [9.17, 15) is 14.7 Å². The summed E-state index contributed by atoms with van der Waals surface area (Å²) in [5.41, 5.74) is 1.24. The Morgan fingerprint density at radius 3 is 2.51 bits per heavy atom. The Labute approximate surface area is 247 Å². The first kappa shape index (κ1) is 28.4. The number of methoxy groups -OCH3 is 3. The van der Waals surface area contributed by atoms with E-state index in [1.165, 1.54) is 11.7 Å². The number of benzene rings is 3. The Morgan fingerprint density at radius 1 is 1.10 bits per heavy atom. The van der Waals surface area contributed by atoms with Crippen molar-refractivity contribution in [2.75, 3.05) is 27.9 Å². The molecule has 0 radical (unpaired) electrons. The number of hydrogen-bond donors (Lipinski definition) is 1. The van der Waals surface area contributed by atoms with Crippen LogP contribution in [0.3, 0.4) is 0 Å². The number of hydrogen-bond acceptors (Lipinski definition) is 9. The average molecular weight is 640 g/mol. The van der Waals surface area contributed by atoms with E-state index in [0.29, 0.717) is 42.1 Å². The van der Waals surface area contributed by atoms with Crippen molar-refractivity contribution in [3.8, 4) is 23.0 Å². The van der Waals surface area contributed by atoms with Crippen molar-refractivity contribution in [2.24, 2.45) is 4.99 Å². The van der Waals surface area contributed by atoms with Gasteiger partial charge < -0.3 is 24.1 Å². The summed E-state index contributed by atoms with van der Waals surface area (Å²) in [7, 11) is 4.56. The van der Waals surface area contributed by atoms with Crippen LogP contribution in [0.2, 0.25) is 0 Å². The number of aromatic hydroxyl groups is 1. The number of carbonyl (C=O) groups is 1. The molecule has 1 N–H and O–H groups in total. The van der Waals surface area contributed by atoms with Crippen LogP contribution in [0, 0.1) is 0 Å². The summed E-state index contributed by atoms with van der Waals surface area (Å²) in [6.45, 7) is 3.59. The quantitative estimate of drug-likeness (QED) is 0.298. The molecule has 11 heteroatoms. The van der Waals surface area contributed by atoms with Crippen molar-refractivity contribution in [3.05, 3.63) is 89.0 Å². The molecule has 212 valence electrons. The monoisotopic (exact) mass is 638 g/mol. The normalized spacial score (nSPS) is 15.0. The summed E-state index contributed by atoms with van der Waals surface area (Å²) < 4.78 is 24.5. The van der Waals surface area contributed by atoms with E-state index in [1.54, 1.807) is 46.3 Å². The van der Waals surface area contributed by atoms with Crippen LogP contribution < -0.4 is 29.1 Å². The third-order valence-corrected chi connectivity index (χ3v) is 8.26. The van der Waals surface area contributed by atoms with Gasteiger partial charge in [-0.25, -0.2) is 9.79 Å². The van der Waals surface area contributed by atoms with Crippen molar-refractivity contribution in [2.45, 2.75) is 19.9 Å². The summed E-state index contributed by atoms with van der Waals surface area (Å²) in [4.78, 5) is 32.6. The van der Waals surface area contributed by atoms with Crippen molar-refractivity contribution in [1.82, 2.24) is 4.57 Å². The molecule has 9 nitrogen and oxygen atoms in total. The van der Waals surface area contributed by atoms with Crippen molar-refractivity contribution >= 4 is 50.1 Å². The topological polar surface area (TPSA) is 109 Å². The highest BCUT2D eigenvalue weighted by molar-refractivity contribution is 9.10. The molecule has 5 rings (SSSR count). The molecule has 0 aliphatic carbocycles. The molecule has 0 saturated heterocycles. The van der Waals surface area contributed by atoms with Gasteiger partial charge in [-0.15, -0.1) is 0 Å². The first-order valence-corrected chi connectivity index (χ1v) is 14.2. The summed E-state index contributed by atoms with van der Waals surface area (Å²) in [5, 5.41) is 12.4. The smallest absolute Gasteiger partial charge is 0.338 e. The molecule has 0 fully saturated rings. The van der Waals surface area contributed by atoms with Crippen LogP contribution in [0.5, 0.6) is 23.0 Å². The number of nitrogens with zero attached hydrogens (tertiary/aromatic N) is 2. The molecule has 41 heavy (non-hydrogen) atoms. The molecule has 0 bridgehead atoms. The fraction of sp³-hybridized carbons (Fsp3) is 0.233. The van der Waals surface area contributed by atoms with Gasteiger partial charge >= 0.3 is 5.97 Å². The Balaban J connectivity index is 1.87. The van der Waals surface area contributed by atoms with Gasteiger partial charge in [0.25, 0.3) is 5.56 Å². The van der Waals surface area contributed by atoms with Crippen molar-refractivity contribution in [1.29, 1.82) is 0 Å².